The van der Waals surface area contributed by atoms with Gasteiger partial charge in [0.1, 0.15) is 4.87 Å². The Morgan fingerprint density at radius 2 is 0.333 bits per heavy atom. The van der Waals surface area contributed by atoms with Crippen molar-refractivity contribution in [2.75, 3.05) is 5.73 Å². The molecule has 3 heteroatoms. The van der Waals surface area contributed by atoms with E-state index in [1.165, 1.54) is 44.5 Å². The minimum Gasteiger partial charge on any atom is -0.399 e. The van der Waals surface area contributed by atoms with Crippen molar-refractivity contribution in [2.24, 2.45) is 0 Å². The first-order valence-corrected chi connectivity index (χ1v) is 24.5. The van der Waals surface area contributed by atoms with E-state index in [-0.39, 0.29) is 17.8 Å². The number of hydrogen-bond acceptors (Lipinski definition) is 1. The highest BCUT2D eigenvalue weighted by molar-refractivity contribution is 6.28. The Labute approximate surface area is 437 Å². The molecule has 0 saturated heterocycles. The van der Waals surface area contributed by atoms with Crippen molar-refractivity contribution in [1.29, 1.82) is 0 Å². The van der Waals surface area contributed by atoms with Crippen LogP contribution in [0.25, 0.3) is 0 Å². The van der Waals surface area contributed by atoms with Gasteiger partial charge in [-0.2, -0.15) is 0 Å². The summed E-state index contributed by atoms with van der Waals surface area (Å²) in [4.78, 5) is -0.649. The Bertz CT molecular complexity index is 2900. The zero-order valence-corrected chi connectivity index (χ0v) is 41.6. The molecule has 11 rings (SSSR count). The van der Waals surface area contributed by atoms with Crippen LogP contribution in [0.2, 0.25) is 0 Å². The van der Waals surface area contributed by atoms with Gasteiger partial charge in [0, 0.05) is 5.69 Å². The Morgan fingerprint density at radius 3 is 0.500 bits per heavy atom. The van der Waals surface area contributed by atoms with Crippen LogP contribution < -0.4 is 5.73 Å². The Hall–Kier alpha value is -8.20. The first kappa shape index (κ1) is 50.2. The molecule has 11 aromatic carbocycles. The molecule has 2 N–H and O–H groups in total. The number of benzene rings is 11. The summed E-state index contributed by atoms with van der Waals surface area (Å²) in [6.45, 7) is 0. The summed E-state index contributed by atoms with van der Waals surface area (Å²) in [7, 11) is 0. The zero-order valence-electron chi connectivity index (χ0n) is 40.0. The van der Waals surface area contributed by atoms with Crippen molar-refractivity contribution < 1.29 is 0 Å². The average molecular weight is 971 g/mol. The van der Waals surface area contributed by atoms with E-state index in [1.807, 2.05) is 66.7 Å². The van der Waals surface area contributed by atoms with Gasteiger partial charge in [-0.25, -0.2) is 0 Å². The second-order valence-electron chi connectivity index (χ2n) is 17.4. The van der Waals surface area contributed by atoms with Crippen LogP contribution in [0.1, 0.15) is 61.2 Å². The summed E-state index contributed by atoms with van der Waals surface area (Å²) in [6.07, 6.45) is 0. The third-order valence-electron chi connectivity index (χ3n) is 13.3. The fraction of sp³-hybridized carbons (Fsp3) is 0.0435. The normalized spacial score (nSPS) is 11.1. The van der Waals surface area contributed by atoms with Crippen molar-refractivity contribution in [3.63, 3.8) is 0 Å². The molecular weight excluding hydrogens is 914 g/mol. The summed E-state index contributed by atoms with van der Waals surface area (Å²) in [5.74, 6) is 0. The molecule has 0 fully saturated rings. The number of halogens is 2. The van der Waals surface area contributed by atoms with Crippen LogP contribution in [0.15, 0.2) is 328 Å². The molecule has 0 aliphatic carbocycles. The summed E-state index contributed by atoms with van der Waals surface area (Å²) >= 11 is 7.12. The molecule has 0 spiro atoms. The van der Waals surface area contributed by atoms with E-state index in [0.717, 1.165) is 22.4 Å². The van der Waals surface area contributed by atoms with Gasteiger partial charge in [0.2, 0.25) is 0 Å². The SMILES string of the molecule is Cl.ClC(c1ccccc1)(c1ccccc1)c1ccccc1.Nc1ccc(C(c2ccccc2)(c2ccccc2)c2ccccc2)cc1.c1ccc(C(c2ccccc2)(c2ccccc2)c2ccccc2)cc1. The van der Waals surface area contributed by atoms with E-state index in [0.29, 0.717) is 0 Å². The number of rotatable bonds is 11. The van der Waals surface area contributed by atoms with Crippen LogP contribution in [-0.4, -0.2) is 0 Å². The van der Waals surface area contributed by atoms with Gasteiger partial charge >= 0.3 is 0 Å². The first-order valence-electron chi connectivity index (χ1n) is 24.2. The Morgan fingerprint density at radius 1 is 0.194 bits per heavy atom. The monoisotopic (exact) mass is 969 g/mol. The van der Waals surface area contributed by atoms with Gasteiger partial charge in [0.05, 0.1) is 10.8 Å². The standard InChI is InChI=1S/C25H21N.C25H20.C19H15Cl.ClH/c26-24-18-16-23(17-19-24)25(20-10-4-1-5-11-20,21-12-6-2-7-13-21)22-14-8-3-9-15-22;1-5-13-21(14-6-1)25(22-15-7-2-8-16-22,23-17-9-3-10-18-23)24-19-11-4-12-20-24;20-19(16-10-4-1-5-11-16,17-12-6-2-7-13-17)18-14-8-3-9-15-18;/h1-19H,26H2;1-20H;1-15H;1H. The van der Waals surface area contributed by atoms with Crippen LogP contribution >= 0.6 is 24.0 Å². The van der Waals surface area contributed by atoms with Gasteiger partial charge in [-0.1, -0.05) is 315 Å². The smallest absolute Gasteiger partial charge is 0.119 e. The zero-order chi connectivity index (χ0) is 48.6. The Kier molecular flexibility index (Phi) is 16.8. The first-order chi connectivity index (χ1) is 35.1. The molecule has 0 amide bonds. The van der Waals surface area contributed by atoms with E-state index in [4.69, 9.17) is 17.3 Å². The van der Waals surface area contributed by atoms with Gasteiger partial charge in [-0.05, 0) is 73.3 Å². The van der Waals surface area contributed by atoms with Gasteiger partial charge < -0.3 is 5.73 Å². The van der Waals surface area contributed by atoms with Crippen molar-refractivity contribution >= 4 is 29.7 Å². The van der Waals surface area contributed by atoms with Gasteiger partial charge in [0.15, 0.2) is 0 Å². The topological polar surface area (TPSA) is 26.0 Å². The highest BCUT2D eigenvalue weighted by Crippen LogP contribution is 2.47. The molecular formula is C69H57Cl2N. The third-order valence-corrected chi connectivity index (χ3v) is 14.0. The second-order valence-corrected chi connectivity index (χ2v) is 18.0. The molecule has 0 heterocycles. The molecule has 0 unspecified atom stereocenters. The lowest BCUT2D eigenvalue weighted by Gasteiger charge is -2.36. The second kappa shape index (κ2) is 24.1. The summed E-state index contributed by atoms with van der Waals surface area (Å²) in [6, 6.07) is 114. The molecule has 0 bridgehead atoms. The van der Waals surface area contributed by atoms with E-state index >= 15 is 0 Å². The van der Waals surface area contributed by atoms with Crippen molar-refractivity contribution in [3.05, 3.63) is 389 Å². The molecule has 0 aliphatic rings. The molecule has 72 heavy (non-hydrogen) atoms. The summed E-state index contributed by atoms with van der Waals surface area (Å²) in [5.41, 5.74) is 19.3. The number of nitrogens with two attached hydrogens (primary N) is 1. The maximum absolute atomic E-state index is 7.12. The largest absolute Gasteiger partial charge is 0.399 e. The Balaban J connectivity index is 0.000000145. The lowest BCUT2D eigenvalue weighted by Crippen LogP contribution is -2.30. The molecule has 352 valence electrons. The third kappa shape index (κ3) is 10.5. The van der Waals surface area contributed by atoms with Gasteiger partial charge in [-0.15, -0.1) is 24.0 Å². The van der Waals surface area contributed by atoms with E-state index in [9.17, 15) is 0 Å². The predicted octanol–water partition coefficient (Wildman–Crippen LogP) is 17.4. The average Bonchev–Trinajstić information content (AvgIpc) is 3.47. The lowest BCUT2D eigenvalue weighted by molar-refractivity contribution is 0.745. The minimum atomic E-state index is -0.649. The van der Waals surface area contributed by atoms with E-state index in [1.54, 1.807) is 0 Å². The summed E-state index contributed by atoms with van der Waals surface area (Å²) < 4.78 is 0. The number of nitrogen functional groups attached to an aromatic ring is 1. The molecule has 11 aromatic rings. The van der Waals surface area contributed by atoms with Crippen molar-refractivity contribution in [1.82, 2.24) is 0 Å². The van der Waals surface area contributed by atoms with Crippen LogP contribution in [0.4, 0.5) is 5.69 Å². The van der Waals surface area contributed by atoms with Crippen molar-refractivity contribution in [2.45, 2.75) is 15.7 Å². The molecule has 1 nitrogen and oxygen atoms in total. The predicted molar refractivity (Wildman–Crippen MR) is 306 cm³/mol. The molecule has 0 aliphatic heterocycles. The molecule has 0 radical (unpaired) electrons. The fourth-order valence-corrected chi connectivity index (χ4v) is 10.4. The number of alkyl halides is 1. The molecule has 0 aromatic heterocycles. The van der Waals surface area contributed by atoms with E-state index in [2.05, 4.69) is 261 Å². The van der Waals surface area contributed by atoms with E-state index < -0.39 is 10.3 Å². The minimum absolute atomic E-state index is 0. The van der Waals surface area contributed by atoms with Crippen LogP contribution in [0, 0.1) is 0 Å². The van der Waals surface area contributed by atoms with Gasteiger partial charge in [0.25, 0.3) is 0 Å². The lowest BCUT2D eigenvalue weighted by atomic mass is 9.65. The molecule has 0 atom stereocenters. The quantitative estimate of drug-likeness (QED) is 0.0780. The van der Waals surface area contributed by atoms with Gasteiger partial charge in [-0.3, -0.25) is 0 Å². The highest BCUT2D eigenvalue weighted by Gasteiger charge is 2.39. The van der Waals surface area contributed by atoms with Crippen LogP contribution in [0.5, 0.6) is 0 Å². The number of anilines is 1. The van der Waals surface area contributed by atoms with Crippen LogP contribution in [0.3, 0.4) is 0 Å². The van der Waals surface area contributed by atoms with Crippen molar-refractivity contribution in [3.8, 4) is 0 Å². The maximum Gasteiger partial charge on any atom is 0.119 e. The summed E-state index contributed by atoms with van der Waals surface area (Å²) in [5, 5.41) is 0. The number of hydrogen-bond donors (Lipinski definition) is 1. The highest BCUT2D eigenvalue weighted by atomic mass is 35.5. The van der Waals surface area contributed by atoms with Crippen LogP contribution in [-0.2, 0) is 15.7 Å². The molecule has 0 saturated carbocycles. The maximum atomic E-state index is 7.12. The fourth-order valence-electron chi connectivity index (χ4n) is 10.1.